The van der Waals surface area contributed by atoms with E-state index in [-0.39, 0.29) is 12.8 Å². The highest BCUT2D eigenvalue weighted by Gasteiger charge is 2.51. The van der Waals surface area contributed by atoms with Crippen molar-refractivity contribution in [3.05, 3.63) is 109 Å². The number of allylic oxidation sites excluding steroid dienone is 18. The molecule has 0 bridgehead atoms. The van der Waals surface area contributed by atoms with E-state index in [0.717, 1.165) is 77.0 Å². The van der Waals surface area contributed by atoms with Gasteiger partial charge in [0.2, 0.25) is 0 Å². The van der Waals surface area contributed by atoms with Gasteiger partial charge in [0.05, 0.1) is 6.61 Å². The molecule has 0 spiro atoms. The molecule has 1 rings (SSSR count). The third kappa shape index (κ3) is 32.0. The Balaban J connectivity index is 2.53. The summed E-state index contributed by atoms with van der Waals surface area (Å²) in [6, 6.07) is 0. The summed E-state index contributed by atoms with van der Waals surface area (Å²) in [5.74, 6) is -1.22. The molecule has 6 N–H and O–H groups in total. The molecule has 1 saturated carbocycles. The highest BCUT2D eigenvalue weighted by Crippen LogP contribution is 2.47. The molecule has 8 atom stereocenters. The van der Waals surface area contributed by atoms with E-state index in [4.69, 9.17) is 18.5 Å². The van der Waals surface area contributed by atoms with Crippen LogP contribution in [0.25, 0.3) is 0 Å². The maximum Gasteiger partial charge on any atom is 0.472 e. The third-order valence-corrected chi connectivity index (χ3v) is 11.1. The van der Waals surface area contributed by atoms with E-state index in [9.17, 15) is 44.6 Å². The van der Waals surface area contributed by atoms with Crippen molar-refractivity contribution < 1.29 is 63.1 Å². The van der Waals surface area contributed by atoms with Gasteiger partial charge < -0.3 is 39.9 Å². The minimum atomic E-state index is -5.15. The summed E-state index contributed by atoms with van der Waals surface area (Å²) < 4.78 is 33.5. The molecule has 1 aliphatic carbocycles. The maximum atomic E-state index is 12.8. The number of esters is 2. The van der Waals surface area contributed by atoms with Crippen LogP contribution in [0.1, 0.15) is 142 Å². The van der Waals surface area contributed by atoms with E-state index in [1.54, 1.807) is 0 Å². The van der Waals surface area contributed by atoms with Crippen LogP contribution in [0.5, 0.6) is 0 Å². The number of ether oxygens (including phenoxy) is 2. The lowest BCUT2D eigenvalue weighted by Crippen LogP contribution is -2.64. The molecule has 0 saturated heterocycles. The Kier molecular flexibility index (Phi) is 36.3. The molecule has 6 unspecified atom stereocenters. The topological polar surface area (TPSA) is 210 Å². The standard InChI is InChI=1S/C51H81O13P/c1-3-5-7-9-11-13-15-17-19-21-22-24-26-28-30-32-34-36-38-40-45(53)63-43(42-62-65(59,60)64-51-49(57)47(55)46(54)48(56)50(51)58)41-61-44(52)39-37-35-33-31-29-27-25-23-20-18-16-14-12-10-8-6-4-2/h6,8,11-14,17-20,22,24-25,27-28,30-31,33,43,46-51,54-58H,3-5,7,9-10,15-16,21,23,26,29,32,34-42H2,1-2H3,(H,59,60)/b8-6-,13-11-,14-12-,19-17-,20-18-,24-22-,27-25-,30-28-,33-31-/t43-,46?,47-,48?,49?,50?,51?/m1/s1. The summed E-state index contributed by atoms with van der Waals surface area (Å²) in [5, 5.41) is 50.2. The molecule has 0 aromatic carbocycles. The first-order valence-electron chi connectivity index (χ1n) is 23.7. The Labute approximate surface area is 389 Å². The lowest BCUT2D eigenvalue weighted by atomic mass is 9.85. The van der Waals surface area contributed by atoms with E-state index in [1.807, 2.05) is 12.2 Å². The van der Waals surface area contributed by atoms with Crippen molar-refractivity contribution in [3.63, 3.8) is 0 Å². The van der Waals surface area contributed by atoms with Crippen molar-refractivity contribution in [3.8, 4) is 0 Å². The second-order valence-electron chi connectivity index (χ2n) is 15.9. The number of rotatable bonds is 37. The Morgan fingerprint density at radius 3 is 1.35 bits per heavy atom. The number of phosphoric acid groups is 1. The zero-order valence-corrected chi connectivity index (χ0v) is 39.9. The largest absolute Gasteiger partial charge is 0.472 e. The number of unbranched alkanes of at least 4 members (excludes halogenated alkanes) is 7. The van der Waals surface area contributed by atoms with Crippen LogP contribution in [0.15, 0.2) is 109 Å². The first-order valence-corrected chi connectivity index (χ1v) is 25.2. The molecular formula is C51H81O13P. The van der Waals surface area contributed by atoms with E-state index in [2.05, 4.69) is 111 Å². The SMILES string of the molecule is CC/C=C\C/C=C\C/C=C\C/C=C\C/C=C\CCCC(=O)OC[C@H](COP(=O)(O)OC1C(O)C(O)C(O)[C@@H](O)C1O)OC(=O)CCCCC/C=C\C/C=C\C/C=C\C/C=C\CCCCC. The van der Waals surface area contributed by atoms with E-state index in [0.29, 0.717) is 19.3 Å². The zero-order chi connectivity index (χ0) is 47.8. The molecule has 1 aliphatic rings. The van der Waals surface area contributed by atoms with Crippen LogP contribution in [0, 0.1) is 0 Å². The van der Waals surface area contributed by atoms with Crippen LogP contribution in [-0.2, 0) is 32.7 Å². The molecule has 13 nitrogen and oxygen atoms in total. The number of aliphatic hydroxyl groups is 5. The van der Waals surface area contributed by atoms with Gasteiger partial charge in [-0.05, 0) is 96.3 Å². The van der Waals surface area contributed by atoms with Crippen molar-refractivity contribution in [2.75, 3.05) is 13.2 Å². The molecular weight excluding hydrogens is 852 g/mol. The zero-order valence-electron chi connectivity index (χ0n) is 39.0. The molecule has 14 heteroatoms. The number of phosphoric ester groups is 1. The lowest BCUT2D eigenvalue weighted by Gasteiger charge is -2.41. The highest BCUT2D eigenvalue weighted by molar-refractivity contribution is 7.47. The monoisotopic (exact) mass is 933 g/mol. The number of aliphatic hydroxyl groups excluding tert-OH is 5. The molecule has 65 heavy (non-hydrogen) atoms. The lowest BCUT2D eigenvalue weighted by molar-refractivity contribution is -0.220. The number of carbonyl (C=O) groups excluding carboxylic acids is 2. The van der Waals surface area contributed by atoms with Gasteiger partial charge in [-0.15, -0.1) is 0 Å². The van der Waals surface area contributed by atoms with Crippen LogP contribution in [0.4, 0.5) is 0 Å². The van der Waals surface area contributed by atoms with Gasteiger partial charge in [-0.1, -0.05) is 142 Å². The maximum absolute atomic E-state index is 12.8. The van der Waals surface area contributed by atoms with Gasteiger partial charge >= 0.3 is 19.8 Å². The van der Waals surface area contributed by atoms with Gasteiger partial charge in [-0.2, -0.15) is 0 Å². The van der Waals surface area contributed by atoms with Crippen LogP contribution >= 0.6 is 7.82 Å². The van der Waals surface area contributed by atoms with Gasteiger partial charge in [-0.25, -0.2) is 4.57 Å². The van der Waals surface area contributed by atoms with Gasteiger partial charge in [0, 0.05) is 12.8 Å². The Morgan fingerprint density at radius 1 is 0.492 bits per heavy atom. The van der Waals surface area contributed by atoms with Crippen molar-refractivity contribution in [2.45, 2.75) is 185 Å². The highest BCUT2D eigenvalue weighted by atomic mass is 31.2. The molecule has 0 aromatic heterocycles. The average Bonchev–Trinajstić information content (AvgIpc) is 3.29. The smallest absolute Gasteiger partial charge is 0.462 e. The third-order valence-electron chi connectivity index (χ3n) is 10.1. The van der Waals surface area contributed by atoms with Crippen molar-refractivity contribution in [1.82, 2.24) is 0 Å². The molecule has 368 valence electrons. The molecule has 0 aliphatic heterocycles. The van der Waals surface area contributed by atoms with E-state index in [1.165, 1.54) is 19.3 Å². The summed E-state index contributed by atoms with van der Waals surface area (Å²) in [6.45, 7) is 3.07. The van der Waals surface area contributed by atoms with Gasteiger partial charge in [-0.3, -0.25) is 18.6 Å². The molecule has 0 radical (unpaired) electrons. The molecule has 0 aromatic rings. The van der Waals surface area contributed by atoms with Gasteiger partial charge in [0.1, 0.15) is 43.2 Å². The number of carbonyl (C=O) groups is 2. The Morgan fingerprint density at radius 2 is 0.892 bits per heavy atom. The molecule has 0 amide bonds. The summed E-state index contributed by atoms with van der Waals surface area (Å²) in [7, 11) is -5.15. The summed E-state index contributed by atoms with van der Waals surface area (Å²) >= 11 is 0. The summed E-state index contributed by atoms with van der Waals surface area (Å²) in [4.78, 5) is 35.7. The fourth-order valence-electron chi connectivity index (χ4n) is 6.30. The van der Waals surface area contributed by atoms with Crippen LogP contribution in [0.3, 0.4) is 0 Å². The van der Waals surface area contributed by atoms with Crippen LogP contribution in [0.2, 0.25) is 0 Å². The van der Waals surface area contributed by atoms with E-state index >= 15 is 0 Å². The van der Waals surface area contributed by atoms with Crippen LogP contribution < -0.4 is 0 Å². The number of hydrogen-bond donors (Lipinski definition) is 6. The van der Waals surface area contributed by atoms with Crippen LogP contribution in [-0.4, -0.2) is 98.3 Å². The molecule has 1 fully saturated rings. The van der Waals surface area contributed by atoms with Gasteiger partial charge in [0.15, 0.2) is 6.10 Å². The minimum Gasteiger partial charge on any atom is -0.462 e. The fraction of sp³-hybridized carbons (Fsp3) is 0.608. The quantitative estimate of drug-likeness (QED) is 0.0149. The predicted octanol–water partition coefficient (Wildman–Crippen LogP) is 9.61. The second-order valence-corrected chi connectivity index (χ2v) is 17.3. The minimum absolute atomic E-state index is 0.0398. The van der Waals surface area contributed by atoms with E-state index < -0.39 is 75.7 Å². The Bertz CT molecular complexity index is 1550. The average molecular weight is 933 g/mol. The van der Waals surface area contributed by atoms with Crippen molar-refractivity contribution in [2.24, 2.45) is 0 Å². The normalized spacial score (nSPS) is 22.4. The summed E-state index contributed by atoms with van der Waals surface area (Å²) in [5.41, 5.74) is 0. The van der Waals surface area contributed by atoms with Gasteiger partial charge in [0.25, 0.3) is 0 Å². The number of hydrogen-bond acceptors (Lipinski definition) is 12. The van der Waals surface area contributed by atoms with Crippen molar-refractivity contribution >= 4 is 19.8 Å². The first kappa shape index (κ1) is 59.5. The second kappa shape index (κ2) is 39.7. The summed E-state index contributed by atoms with van der Waals surface area (Å²) in [6.07, 6.45) is 41.4. The first-order chi connectivity index (χ1) is 31.4. The fourth-order valence-corrected chi connectivity index (χ4v) is 7.28. The molecule has 0 heterocycles. The predicted molar refractivity (Wildman–Crippen MR) is 257 cm³/mol. The Hall–Kier alpha value is -3.49. The van der Waals surface area contributed by atoms with Crippen molar-refractivity contribution in [1.29, 1.82) is 0 Å².